The van der Waals surface area contributed by atoms with Crippen molar-refractivity contribution < 1.29 is 14.7 Å². The van der Waals surface area contributed by atoms with Crippen LogP contribution >= 0.6 is 0 Å². The van der Waals surface area contributed by atoms with Crippen LogP contribution in [0.3, 0.4) is 0 Å². The van der Waals surface area contributed by atoms with Crippen molar-refractivity contribution in [2.24, 2.45) is 22.7 Å². The first-order valence-corrected chi connectivity index (χ1v) is 8.80. The first kappa shape index (κ1) is 15.1. The number of fused-ring (bicyclic) bond motifs is 5. The molecule has 3 fully saturated rings. The van der Waals surface area contributed by atoms with Gasteiger partial charge in [0.15, 0.2) is 0 Å². The van der Waals surface area contributed by atoms with Crippen LogP contribution in [0.2, 0.25) is 0 Å². The summed E-state index contributed by atoms with van der Waals surface area (Å²) in [6, 6.07) is -0.0336. The molecule has 2 bridgehead atoms. The zero-order valence-electron chi connectivity index (χ0n) is 13.7. The van der Waals surface area contributed by atoms with E-state index in [1.54, 1.807) is 4.90 Å². The number of aliphatic hydroxyl groups excluding tert-OH is 1. The molecular weight excluding hydrogens is 290 g/mol. The predicted molar refractivity (Wildman–Crippen MR) is 86.2 cm³/mol. The van der Waals surface area contributed by atoms with Gasteiger partial charge in [-0.15, -0.1) is 6.58 Å². The van der Waals surface area contributed by atoms with Crippen molar-refractivity contribution in [3.8, 4) is 0 Å². The van der Waals surface area contributed by atoms with Crippen molar-refractivity contribution in [3.63, 3.8) is 0 Å². The smallest absolute Gasteiger partial charge is 0.237 e. The second-order valence-corrected chi connectivity index (χ2v) is 8.06. The second-order valence-electron chi connectivity index (χ2n) is 8.06. The van der Waals surface area contributed by atoms with Crippen molar-refractivity contribution in [2.75, 3.05) is 0 Å². The average molecular weight is 315 g/mol. The number of nitrogens with zero attached hydrogens (tertiary/aromatic N) is 1. The lowest BCUT2D eigenvalue weighted by Crippen LogP contribution is -2.48. The van der Waals surface area contributed by atoms with Crippen LogP contribution in [0.1, 0.15) is 45.4 Å². The molecule has 124 valence electrons. The lowest BCUT2D eigenvalue weighted by molar-refractivity contribution is -0.147. The van der Waals surface area contributed by atoms with Crippen molar-refractivity contribution in [1.82, 2.24) is 4.90 Å². The van der Waals surface area contributed by atoms with Crippen LogP contribution in [0, 0.1) is 22.7 Å². The van der Waals surface area contributed by atoms with E-state index in [0.717, 1.165) is 19.3 Å². The van der Waals surface area contributed by atoms with Gasteiger partial charge in [0.25, 0.3) is 0 Å². The van der Waals surface area contributed by atoms with Gasteiger partial charge in [-0.05, 0) is 44.4 Å². The summed E-state index contributed by atoms with van der Waals surface area (Å²) in [5.41, 5.74) is -0.854. The Labute approximate surface area is 137 Å². The third-order valence-electron chi connectivity index (χ3n) is 6.95. The van der Waals surface area contributed by atoms with Gasteiger partial charge in [0.2, 0.25) is 11.8 Å². The average Bonchev–Trinajstić information content (AvgIpc) is 3.09. The minimum absolute atomic E-state index is 0.0168. The summed E-state index contributed by atoms with van der Waals surface area (Å²) in [4.78, 5) is 28.2. The SMILES string of the molecule is C=CCC12C(=O)N(C3CCC(O)CC3)C(=O)C1C1C=CC2(C)C1. The van der Waals surface area contributed by atoms with E-state index < -0.39 is 5.41 Å². The van der Waals surface area contributed by atoms with Crippen LogP contribution in [-0.4, -0.2) is 34.0 Å². The van der Waals surface area contributed by atoms with E-state index in [4.69, 9.17) is 0 Å². The Hall–Kier alpha value is -1.42. The number of allylic oxidation sites excluding steroid dienone is 3. The Morgan fingerprint density at radius 1 is 1.35 bits per heavy atom. The molecular formula is C19H25NO3. The van der Waals surface area contributed by atoms with Gasteiger partial charge in [-0.2, -0.15) is 0 Å². The maximum absolute atomic E-state index is 13.4. The summed E-state index contributed by atoms with van der Waals surface area (Å²) in [5.74, 6) is 0.0184. The zero-order valence-corrected chi connectivity index (χ0v) is 13.7. The fourth-order valence-corrected chi connectivity index (χ4v) is 5.82. The normalized spacial score (nSPS) is 48.2. The summed E-state index contributed by atoms with van der Waals surface area (Å²) in [6.45, 7) is 5.99. The standard InChI is InChI=1S/C19H25NO3/c1-3-9-19-15(12-8-10-18(19,2)11-12)16(22)20(17(19)23)13-4-6-14(21)7-5-13/h3,8,10,12-15,21H,1,4-7,9,11H2,2H3. The van der Waals surface area contributed by atoms with Gasteiger partial charge in [0.1, 0.15) is 0 Å². The predicted octanol–water partition coefficient (Wildman–Crippen LogP) is 2.43. The summed E-state index contributed by atoms with van der Waals surface area (Å²) in [7, 11) is 0. The van der Waals surface area contributed by atoms with Crippen molar-refractivity contribution >= 4 is 11.8 Å². The monoisotopic (exact) mass is 315 g/mol. The molecule has 0 aromatic heterocycles. The van der Waals surface area contributed by atoms with E-state index in [1.807, 2.05) is 6.08 Å². The number of hydrogen-bond donors (Lipinski definition) is 1. The molecule has 0 radical (unpaired) electrons. The number of carbonyl (C=O) groups excluding carboxylic acids is 2. The van der Waals surface area contributed by atoms with Gasteiger partial charge in [0.05, 0.1) is 17.4 Å². The van der Waals surface area contributed by atoms with Crippen LogP contribution in [-0.2, 0) is 9.59 Å². The first-order valence-electron chi connectivity index (χ1n) is 8.80. The van der Waals surface area contributed by atoms with Crippen molar-refractivity contribution in [1.29, 1.82) is 0 Å². The van der Waals surface area contributed by atoms with Crippen LogP contribution in [0.5, 0.6) is 0 Å². The Morgan fingerprint density at radius 2 is 2.04 bits per heavy atom. The van der Waals surface area contributed by atoms with E-state index in [-0.39, 0.29) is 41.2 Å². The van der Waals surface area contributed by atoms with E-state index >= 15 is 0 Å². The molecule has 1 saturated heterocycles. The number of rotatable bonds is 3. The zero-order chi connectivity index (χ0) is 16.4. The van der Waals surface area contributed by atoms with Gasteiger partial charge >= 0.3 is 0 Å². The third-order valence-corrected chi connectivity index (χ3v) is 6.95. The molecule has 1 aliphatic heterocycles. The van der Waals surface area contributed by atoms with Gasteiger partial charge < -0.3 is 5.11 Å². The molecule has 1 N–H and O–H groups in total. The highest BCUT2D eigenvalue weighted by molar-refractivity contribution is 6.09. The number of carbonyl (C=O) groups is 2. The molecule has 4 atom stereocenters. The Bertz CT molecular complexity index is 604. The maximum atomic E-state index is 13.4. The summed E-state index contributed by atoms with van der Waals surface area (Å²) < 4.78 is 0. The third kappa shape index (κ3) is 1.70. The molecule has 0 aromatic carbocycles. The number of likely N-dealkylation sites (tertiary alicyclic amines) is 1. The van der Waals surface area contributed by atoms with Gasteiger partial charge in [0, 0.05) is 11.5 Å². The Morgan fingerprint density at radius 3 is 2.70 bits per heavy atom. The summed E-state index contributed by atoms with van der Waals surface area (Å²) in [5, 5.41) is 9.72. The van der Waals surface area contributed by atoms with Gasteiger partial charge in [-0.1, -0.05) is 25.2 Å². The van der Waals surface area contributed by atoms with E-state index in [2.05, 4.69) is 25.7 Å². The first-order chi connectivity index (χ1) is 10.9. The van der Waals surface area contributed by atoms with E-state index in [9.17, 15) is 14.7 Å². The highest BCUT2D eigenvalue weighted by atomic mass is 16.3. The molecule has 23 heavy (non-hydrogen) atoms. The summed E-state index contributed by atoms with van der Waals surface area (Å²) in [6.07, 6.45) is 10.1. The molecule has 0 aromatic rings. The lowest BCUT2D eigenvalue weighted by atomic mass is 9.60. The van der Waals surface area contributed by atoms with E-state index in [0.29, 0.717) is 19.3 Å². The second kappa shape index (κ2) is 4.79. The quantitative estimate of drug-likeness (QED) is 0.643. The molecule has 4 nitrogen and oxygen atoms in total. The molecule has 4 rings (SSSR count). The van der Waals surface area contributed by atoms with Crippen molar-refractivity contribution in [2.45, 2.75) is 57.6 Å². The fraction of sp³-hybridized carbons (Fsp3) is 0.684. The van der Waals surface area contributed by atoms with E-state index in [1.165, 1.54) is 0 Å². The molecule has 0 spiro atoms. The minimum Gasteiger partial charge on any atom is -0.393 e. The Kier molecular flexibility index (Phi) is 3.15. The van der Waals surface area contributed by atoms with Crippen LogP contribution in [0.4, 0.5) is 0 Å². The topological polar surface area (TPSA) is 57.6 Å². The minimum atomic E-state index is -0.624. The highest BCUT2D eigenvalue weighted by Gasteiger charge is 2.74. The Balaban J connectivity index is 1.73. The molecule has 1 heterocycles. The van der Waals surface area contributed by atoms with Gasteiger partial charge in [-0.3, -0.25) is 14.5 Å². The molecule has 4 heteroatoms. The number of hydrogen-bond acceptors (Lipinski definition) is 3. The molecule has 2 amide bonds. The maximum Gasteiger partial charge on any atom is 0.237 e. The molecule has 3 aliphatic carbocycles. The van der Waals surface area contributed by atoms with Crippen LogP contribution < -0.4 is 0 Å². The highest BCUT2D eigenvalue weighted by Crippen LogP contribution is 2.69. The molecule has 4 aliphatic rings. The van der Waals surface area contributed by atoms with Crippen LogP contribution in [0.25, 0.3) is 0 Å². The lowest BCUT2D eigenvalue weighted by Gasteiger charge is -2.40. The van der Waals surface area contributed by atoms with Gasteiger partial charge in [-0.25, -0.2) is 0 Å². The summed E-state index contributed by atoms with van der Waals surface area (Å²) >= 11 is 0. The largest absolute Gasteiger partial charge is 0.393 e. The molecule has 2 saturated carbocycles. The number of imide groups is 1. The van der Waals surface area contributed by atoms with Crippen LogP contribution in [0.15, 0.2) is 24.8 Å². The fourth-order valence-electron chi connectivity index (χ4n) is 5.82. The molecule has 4 unspecified atom stereocenters. The van der Waals surface area contributed by atoms with Crippen molar-refractivity contribution in [3.05, 3.63) is 24.8 Å². The number of aliphatic hydroxyl groups is 1. The number of amides is 2.